The van der Waals surface area contributed by atoms with E-state index in [1.165, 1.54) is 16.9 Å². The van der Waals surface area contributed by atoms with E-state index >= 15 is 0 Å². The van der Waals surface area contributed by atoms with Crippen molar-refractivity contribution in [2.75, 3.05) is 20.7 Å². The monoisotopic (exact) mass is 383 g/mol. The van der Waals surface area contributed by atoms with Crippen LogP contribution >= 0.6 is 11.3 Å². The minimum atomic E-state index is -0.246. The first-order valence-electron chi connectivity index (χ1n) is 9.33. The lowest BCUT2D eigenvalue weighted by Gasteiger charge is -2.40. The molecule has 2 atom stereocenters. The molecule has 0 N–H and O–H groups in total. The van der Waals surface area contributed by atoms with Crippen LogP contribution in [-0.2, 0) is 10.2 Å². The van der Waals surface area contributed by atoms with E-state index in [1.807, 2.05) is 17.5 Å². The molecule has 4 rings (SSSR count). The average Bonchev–Trinajstić information content (AvgIpc) is 3.31. The average molecular weight is 384 g/mol. The third-order valence-corrected chi connectivity index (χ3v) is 6.93. The Hall–Kier alpha value is -2.11. The van der Waals surface area contributed by atoms with Gasteiger partial charge in [0.25, 0.3) is 0 Å². The van der Waals surface area contributed by atoms with E-state index in [4.69, 9.17) is 9.47 Å². The van der Waals surface area contributed by atoms with Crippen molar-refractivity contribution in [1.82, 2.24) is 4.90 Å². The van der Waals surface area contributed by atoms with Gasteiger partial charge in [-0.1, -0.05) is 18.2 Å². The highest BCUT2D eigenvalue weighted by molar-refractivity contribution is 7.11. The van der Waals surface area contributed by atoms with E-state index < -0.39 is 0 Å². The molecule has 0 radical (unpaired) electrons. The topological polar surface area (TPSA) is 38.8 Å². The summed E-state index contributed by atoms with van der Waals surface area (Å²) in [5.41, 5.74) is 2.59. The molecule has 1 fully saturated rings. The Balaban J connectivity index is 1.61. The summed E-state index contributed by atoms with van der Waals surface area (Å²) in [5.74, 6) is 1.48. The number of nitrogens with zero attached hydrogens (tertiary/aromatic N) is 1. The van der Waals surface area contributed by atoms with Gasteiger partial charge in [0.1, 0.15) is 16.4 Å². The van der Waals surface area contributed by atoms with Crippen LogP contribution in [0.25, 0.3) is 0 Å². The number of rotatable bonds is 4. The van der Waals surface area contributed by atoms with Crippen LogP contribution in [0, 0.1) is 6.92 Å². The zero-order chi connectivity index (χ0) is 19.0. The molecule has 2 aromatic rings. The van der Waals surface area contributed by atoms with E-state index in [0.717, 1.165) is 42.9 Å². The van der Waals surface area contributed by atoms with Gasteiger partial charge >= 0.3 is 5.97 Å². The molecule has 0 unspecified atom stereocenters. The predicted molar refractivity (Wildman–Crippen MR) is 107 cm³/mol. The van der Waals surface area contributed by atoms with Crippen LogP contribution in [0.4, 0.5) is 0 Å². The van der Waals surface area contributed by atoms with Gasteiger partial charge in [-0.15, -0.1) is 11.3 Å². The van der Waals surface area contributed by atoms with Crippen molar-refractivity contribution < 1.29 is 14.3 Å². The van der Waals surface area contributed by atoms with Crippen LogP contribution in [0.3, 0.4) is 0 Å². The van der Waals surface area contributed by atoms with Crippen molar-refractivity contribution in [1.29, 1.82) is 0 Å². The SMILES string of the molecule is COc1ccc([C@@]23CC=C(OC(=O)c4cccs4)C[C@@H]2N(C)CC3)cc1C. The van der Waals surface area contributed by atoms with E-state index in [1.54, 1.807) is 7.11 Å². The Bertz CT molecular complexity index is 874. The molecule has 142 valence electrons. The smallest absolute Gasteiger partial charge is 0.353 e. The first-order chi connectivity index (χ1) is 13.0. The van der Waals surface area contributed by atoms with E-state index in [0.29, 0.717) is 10.9 Å². The Morgan fingerprint density at radius 2 is 2.19 bits per heavy atom. The Kier molecular flexibility index (Phi) is 4.82. The molecule has 1 aliphatic heterocycles. The van der Waals surface area contributed by atoms with Gasteiger partial charge in [-0.05, 0) is 68.1 Å². The van der Waals surface area contributed by atoms with E-state index in [9.17, 15) is 4.79 Å². The summed E-state index contributed by atoms with van der Waals surface area (Å²) in [7, 11) is 3.89. The number of carbonyl (C=O) groups is 1. The van der Waals surface area contributed by atoms with Gasteiger partial charge in [-0.25, -0.2) is 4.79 Å². The van der Waals surface area contributed by atoms with Crippen molar-refractivity contribution in [3.05, 3.63) is 63.6 Å². The molecule has 2 heterocycles. The fourth-order valence-corrected chi connectivity index (χ4v) is 5.17. The number of likely N-dealkylation sites (N-methyl/N-ethyl adjacent to an activating group) is 1. The summed E-state index contributed by atoms with van der Waals surface area (Å²) in [6.07, 6.45) is 4.89. The summed E-state index contributed by atoms with van der Waals surface area (Å²) >= 11 is 1.42. The summed E-state index contributed by atoms with van der Waals surface area (Å²) in [6, 6.07) is 10.6. The van der Waals surface area contributed by atoms with Crippen molar-refractivity contribution in [3.63, 3.8) is 0 Å². The highest BCUT2D eigenvalue weighted by atomic mass is 32.1. The number of ether oxygens (including phenoxy) is 2. The van der Waals surface area contributed by atoms with Gasteiger partial charge in [0.05, 0.1) is 7.11 Å². The molecule has 27 heavy (non-hydrogen) atoms. The summed E-state index contributed by atoms with van der Waals surface area (Å²) in [5, 5.41) is 1.90. The summed E-state index contributed by atoms with van der Waals surface area (Å²) in [4.78, 5) is 15.4. The van der Waals surface area contributed by atoms with Crippen LogP contribution in [-0.4, -0.2) is 37.6 Å². The lowest BCUT2D eigenvalue weighted by molar-refractivity contribution is 0.0585. The van der Waals surface area contributed by atoms with Crippen molar-refractivity contribution in [3.8, 4) is 5.75 Å². The predicted octanol–water partition coefficient (Wildman–Crippen LogP) is 4.54. The van der Waals surface area contributed by atoms with Gasteiger partial charge in [-0.3, -0.25) is 0 Å². The maximum absolute atomic E-state index is 12.3. The maximum atomic E-state index is 12.3. The number of hydrogen-bond donors (Lipinski definition) is 0. The van der Waals surface area contributed by atoms with E-state index in [-0.39, 0.29) is 11.4 Å². The number of likely N-dealkylation sites (tertiary alicyclic amines) is 1. The van der Waals surface area contributed by atoms with Crippen molar-refractivity contribution in [2.24, 2.45) is 0 Å². The fourth-order valence-electron chi connectivity index (χ4n) is 4.57. The molecule has 2 aliphatic rings. The number of fused-ring (bicyclic) bond motifs is 1. The van der Waals surface area contributed by atoms with Gasteiger partial charge in [0, 0.05) is 17.9 Å². The second-order valence-electron chi connectivity index (χ2n) is 7.53. The van der Waals surface area contributed by atoms with Crippen LogP contribution in [0.2, 0.25) is 0 Å². The molecule has 4 nitrogen and oxygen atoms in total. The Labute approximate surface area is 164 Å². The lowest BCUT2D eigenvalue weighted by Crippen LogP contribution is -2.43. The molecule has 0 amide bonds. The normalized spacial score (nSPS) is 25.0. The first-order valence-corrected chi connectivity index (χ1v) is 10.2. The second-order valence-corrected chi connectivity index (χ2v) is 8.48. The van der Waals surface area contributed by atoms with Crippen molar-refractivity contribution >= 4 is 17.3 Å². The third-order valence-electron chi connectivity index (χ3n) is 6.08. The van der Waals surface area contributed by atoms with Crippen molar-refractivity contribution in [2.45, 2.75) is 37.6 Å². The number of methoxy groups -OCH3 is 1. The standard InChI is InChI=1S/C22H25NO3S/c1-15-13-16(6-7-18(15)25-3)22-9-8-17(14-20(22)23(2)11-10-22)26-21(24)19-5-4-12-27-19/h4-8,12-13,20H,9-11,14H2,1-3H3/t20-,22-/m0/s1. The molecule has 1 saturated heterocycles. The third kappa shape index (κ3) is 3.19. The van der Waals surface area contributed by atoms with E-state index in [2.05, 4.69) is 43.1 Å². The molecule has 0 bridgehead atoms. The second kappa shape index (κ2) is 7.13. The van der Waals surface area contributed by atoms with Crippen LogP contribution in [0.5, 0.6) is 5.75 Å². The van der Waals surface area contributed by atoms with Crippen LogP contribution in [0.15, 0.2) is 47.5 Å². The molecular formula is C22H25NO3S. The Morgan fingerprint density at radius 3 is 2.89 bits per heavy atom. The number of hydrogen-bond acceptors (Lipinski definition) is 5. The fraction of sp³-hybridized carbons (Fsp3) is 0.409. The molecule has 1 aromatic carbocycles. The van der Waals surface area contributed by atoms with Gasteiger partial charge < -0.3 is 14.4 Å². The molecular weight excluding hydrogens is 358 g/mol. The zero-order valence-corrected chi connectivity index (χ0v) is 16.8. The number of esters is 1. The lowest BCUT2D eigenvalue weighted by atomic mass is 9.68. The molecule has 1 aliphatic carbocycles. The minimum Gasteiger partial charge on any atom is -0.496 e. The summed E-state index contributed by atoms with van der Waals surface area (Å²) in [6.45, 7) is 3.15. The quantitative estimate of drug-likeness (QED) is 0.727. The van der Waals surface area contributed by atoms with Gasteiger partial charge in [0.2, 0.25) is 0 Å². The largest absolute Gasteiger partial charge is 0.496 e. The Morgan fingerprint density at radius 1 is 1.33 bits per heavy atom. The van der Waals surface area contributed by atoms with Crippen LogP contribution in [0.1, 0.15) is 40.1 Å². The molecule has 5 heteroatoms. The van der Waals surface area contributed by atoms with Crippen LogP contribution < -0.4 is 4.74 Å². The number of benzene rings is 1. The number of allylic oxidation sites excluding steroid dienone is 1. The van der Waals surface area contributed by atoms with Gasteiger partial charge in [-0.2, -0.15) is 0 Å². The highest BCUT2D eigenvalue weighted by Crippen LogP contribution is 2.48. The highest BCUT2D eigenvalue weighted by Gasteiger charge is 2.49. The maximum Gasteiger partial charge on any atom is 0.353 e. The molecule has 1 aromatic heterocycles. The zero-order valence-electron chi connectivity index (χ0n) is 16.0. The van der Waals surface area contributed by atoms with Gasteiger partial charge in [0.15, 0.2) is 0 Å². The minimum absolute atomic E-state index is 0.0740. The number of carbonyl (C=O) groups excluding carboxylic acids is 1. The number of aryl methyl sites for hydroxylation is 1. The summed E-state index contributed by atoms with van der Waals surface area (Å²) < 4.78 is 11.2. The first kappa shape index (κ1) is 18.3. The number of thiophene rings is 1. The molecule has 0 spiro atoms. The molecule has 0 saturated carbocycles.